The van der Waals surface area contributed by atoms with Crippen LogP contribution in [0.5, 0.6) is 11.5 Å². The number of pyridine rings is 2. The molecule has 2 saturated heterocycles. The van der Waals surface area contributed by atoms with Gasteiger partial charge in [0.25, 0.3) is 31.9 Å². The molecule has 6 aromatic rings. The maximum absolute atomic E-state index is 13.2. The summed E-state index contributed by atoms with van der Waals surface area (Å²) in [7, 11) is -4.21. The number of hydrogen-bond acceptors (Lipinski definition) is 17. The van der Waals surface area contributed by atoms with E-state index in [4.69, 9.17) is 15.2 Å². The second-order valence-electron chi connectivity index (χ2n) is 16.0. The number of amides is 2. The summed E-state index contributed by atoms with van der Waals surface area (Å²) in [6.07, 6.45) is 5.44. The molecule has 0 atom stereocenters. The zero-order valence-electron chi connectivity index (χ0n) is 38.1. The van der Waals surface area contributed by atoms with Crippen molar-refractivity contribution in [1.82, 2.24) is 29.2 Å². The normalized spacial score (nSPS) is 14.9. The summed E-state index contributed by atoms with van der Waals surface area (Å²) in [4.78, 5) is 45.3. The molecular formula is C46H52N10O10S4. The Morgan fingerprint density at radius 3 is 1.56 bits per heavy atom. The van der Waals surface area contributed by atoms with Gasteiger partial charge in [-0.1, -0.05) is 12.1 Å². The molecule has 70 heavy (non-hydrogen) atoms. The van der Waals surface area contributed by atoms with Gasteiger partial charge in [0.05, 0.1) is 37.9 Å². The second-order valence-corrected chi connectivity index (χ2v) is 22.7. The van der Waals surface area contributed by atoms with Crippen molar-refractivity contribution in [3.05, 3.63) is 140 Å². The van der Waals surface area contributed by atoms with Crippen LogP contribution >= 0.6 is 22.7 Å². The third kappa shape index (κ3) is 12.9. The van der Waals surface area contributed by atoms with E-state index in [0.717, 1.165) is 16.2 Å². The number of piperidine rings is 2. The van der Waals surface area contributed by atoms with Crippen molar-refractivity contribution in [2.45, 2.75) is 59.3 Å². The van der Waals surface area contributed by atoms with Gasteiger partial charge in [0.2, 0.25) is 5.82 Å². The predicted octanol–water partition coefficient (Wildman–Crippen LogP) is 6.18. The number of nitro groups is 1. The molecule has 24 heteroatoms. The van der Waals surface area contributed by atoms with E-state index in [0.29, 0.717) is 77.8 Å². The van der Waals surface area contributed by atoms with Gasteiger partial charge in [-0.15, -0.1) is 22.7 Å². The minimum absolute atomic E-state index is 0.106. The van der Waals surface area contributed by atoms with Gasteiger partial charge >= 0.3 is 5.69 Å². The number of nitrogen functional groups attached to an aromatic ring is 1. The zero-order valence-corrected chi connectivity index (χ0v) is 41.4. The number of benzene rings is 2. The first kappa shape index (κ1) is 51.2. The number of nitrogens with zero attached hydrogens (tertiary/aromatic N) is 5. The van der Waals surface area contributed by atoms with Gasteiger partial charge in [-0.3, -0.25) is 19.7 Å². The number of rotatable bonds is 17. The van der Waals surface area contributed by atoms with Crippen molar-refractivity contribution < 1.29 is 40.8 Å². The highest BCUT2D eigenvalue weighted by Crippen LogP contribution is 2.31. The summed E-state index contributed by atoms with van der Waals surface area (Å²) in [5.74, 6) is 1.45. The van der Waals surface area contributed by atoms with Crippen LogP contribution < -0.4 is 36.5 Å². The lowest BCUT2D eigenvalue weighted by atomic mass is 10.1. The largest absolute Gasteiger partial charge is 0.497 e. The highest BCUT2D eigenvalue weighted by molar-refractivity contribution is 7.91. The highest BCUT2D eigenvalue weighted by atomic mass is 32.3. The zero-order chi connectivity index (χ0) is 49.8. The molecule has 0 aliphatic carbocycles. The lowest BCUT2D eigenvalue weighted by Gasteiger charge is -2.31. The molecule has 2 amide bonds. The molecular weight excluding hydrogens is 981 g/mol. The molecule has 0 radical (unpaired) electrons. The number of carbonyl (C=O) groups excluding carboxylic acids is 2. The monoisotopic (exact) mass is 1030 g/mol. The SMILES string of the molecule is COc1cccc(C(=O)NCc2ccc(S(=O)(=O)N3CCC(Nc4ncccc4N)CC3)s2)c1.COc1cccc(C(=O)NCc2ccc(S(=O)(=O)N3CCC(Nc4ncccc4[N+](=O)[O-])CC3)s2)c1. The minimum Gasteiger partial charge on any atom is -0.497 e. The summed E-state index contributed by atoms with van der Waals surface area (Å²) in [5, 5.41) is 23.2. The molecule has 6 N–H and O–H groups in total. The van der Waals surface area contributed by atoms with E-state index in [1.54, 1.807) is 98.2 Å². The van der Waals surface area contributed by atoms with Gasteiger partial charge in [0.1, 0.15) is 25.7 Å². The Morgan fingerprint density at radius 2 is 1.11 bits per heavy atom. The van der Waals surface area contributed by atoms with E-state index in [1.807, 2.05) is 0 Å². The van der Waals surface area contributed by atoms with Crippen LogP contribution in [0.4, 0.5) is 23.0 Å². The summed E-state index contributed by atoms with van der Waals surface area (Å²) < 4.78 is 66.3. The molecule has 2 aromatic carbocycles. The molecule has 0 bridgehead atoms. The lowest BCUT2D eigenvalue weighted by molar-refractivity contribution is -0.384. The van der Waals surface area contributed by atoms with Gasteiger partial charge in [0, 0.05) is 77.6 Å². The number of aromatic nitrogens is 2. The molecule has 4 aromatic heterocycles. The molecule has 0 unspecified atom stereocenters. The minimum atomic E-state index is -3.69. The Morgan fingerprint density at radius 1 is 0.671 bits per heavy atom. The molecule has 0 saturated carbocycles. The number of ether oxygens (including phenoxy) is 2. The van der Waals surface area contributed by atoms with Crippen LogP contribution in [-0.4, -0.2) is 105 Å². The smallest absolute Gasteiger partial charge is 0.311 e. The van der Waals surface area contributed by atoms with E-state index in [1.165, 1.54) is 45.4 Å². The standard InChI is InChI=1S/C23H25N5O6S2.C23H27N5O4S2/c1-34-18-5-2-4-16(14-18)23(29)25-15-19-7-8-21(35-19)36(32,33)27-12-9-17(10-13-27)26-22-20(28(30)31)6-3-11-24-22;1-32-18-5-2-4-16(14-18)23(29)26-15-19-7-8-21(33-19)34(30,31)28-12-9-17(10-13-28)27-22-20(24)6-3-11-25-22/h2-8,11,14,17H,9-10,12-13,15H2,1H3,(H,24,26)(H,25,29);2-8,11,14,17H,9-10,12-13,15,24H2,1H3,(H,25,27)(H,26,29). The van der Waals surface area contributed by atoms with E-state index < -0.39 is 25.0 Å². The molecule has 8 rings (SSSR count). The van der Waals surface area contributed by atoms with E-state index in [9.17, 15) is 36.5 Å². The van der Waals surface area contributed by atoms with Gasteiger partial charge in [0.15, 0.2) is 0 Å². The lowest BCUT2D eigenvalue weighted by Crippen LogP contribution is -2.42. The van der Waals surface area contributed by atoms with Crippen LogP contribution in [0.15, 0.2) is 118 Å². The maximum Gasteiger partial charge on any atom is 0.311 e. The number of sulfonamides is 2. The fourth-order valence-electron chi connectivity index (χ4n) is 7.57. The number of nitrogens with one attached hydrogen (secondary N) is 4. The van der Waals surface area contributed by atoms with E-state index >= 15 is 0 Å². The quantitative estimate of drug-likeness (QED) is 0.0504. The van der Waals surface area contributed by atoms with Crippen molar-refractivity contribution in [2.24, 2.45) is 0 Å². The Hall–Kier alpha value is -6.70. The van der Waals surface area contributed by atoms with Crippen LogP contribution in [-0.2, 0) is 33.1 Å². The Balaban J connectivity index is 0.000000207. The topological polar surface area (TPSA) is 270 Å². The van der Waals surface area contributed by atoms with Crippen LogP contribution in [0.25, 0.3) is 0 Å². The number of nitrogens with two attached hydrogens (primary N) is 1. The van der Waals surface area contributed by atoms with Crippen molar-refractivity contribution >= 4 is 77.5 Å². The van der Waals surface area contributed by atoms with Crippen molar-refractivity contribution in [1.29, 1.82) is 0 Å². The van der Waals surface area contributed by atoms with Gasteiger partial charge in [-0.25, -0.2) is 26.8 Å². The van der Waals surface area contributed by atoms with E-state index in [-0.39, 0.29) is 70.0 Å². The van der Waals surface area contributed by atoms with Crippen LogP contribution in [0.3, 0.4) is 0 Å². The molecule has 20 nitrogen and oxygen atoms in total. The number of thiophene rings is 2. The summed E-state index contributed by atoms with van der Waals surface area (Å²) in [6, 6.07) is 26.6. The Labute approximate surface area is 413 Å². The van der Waals surface area contributed by atoms with Gasteiger partial charge in [-0.2, -0.15) is 8.61 Å². The van der Waals surface area contributed by atoms with Crippen molar-refractivity contribution in [3.8, 4) is 11.5 Å². The number of methoxy groups -OCH3 is 2. The fraction of sp³-hybridized carbons (Fsp3) is 0.304. The first-order chi connectivity index (χ1) is 33.6. The molecule has 6 heterocycles. The van der Waals surface area contributed by atoms with Crippen LogP contribution in [0, 0.1) is 10.1 Å². The van der Waals surface area contributed by atoms with Crippen LogP contribution in [0.1, 0.15) is 56.2 Å². The summed E-state index contributed by atoms with van der Waals surface area (Å²) in [6.45, 7) is 1.82. The second kappa shape index (κ2) is 23.3. The molecule has 2 aliphatic heterocycles. The summed E-state index contributed by atoms with van der Waals surface area (Å²) >= 11 is 2.29. The molecule has 370 valence electrons. The van der Waals surface area contributed by atoms with Gasteiger partial charge in [-0.05, 0) is 105 Å². The molecule has 2 fully saturated rings. The fourth-order valence-corrected chi connectivity index (χ4v) is 13.4. The van der Waals surface area contributed by atoms with Crippen molar-refractivity contribution in [2.75, 3.05) is 56.8 Å². The molecule has 0 spiro atoms. The third-order valence-corrected chi connectivity index (χ3v) is 18.3. The molecule has 2 aliphatic rings. The van der Waals surface area contributed by atoms with E-state index in [2.05, 4.69) is 31.2 Å². The number of anilines is 3. The van der Waals surface area contributed by atoms with Crippen LogP contribution in [0.2, 0.25) is 0 Å². The Kier molecular flexibility index (Phi) is 17.0. The third-order valence-electron chi connectivity index (χ3n) is 11.4. The average Bonchev–Trinajstić information content (AvgIpc) is 4.08. The Bertz CT molecular complexity index is 3010. The summed E-state index contributed by atoms with van der Waals surface area (Å²) in [5.41, 5.74) is 7.33. The highest BCUT2D eigenvalue weighted by Gasteiger charge is 2.33. The average molecular weight is 1030 g/mol. The maximum atomic E-state index is 13.2. The first-order valence-corrected chi connectivity index (χ1v) is 26.5. The first-order valence-electron chi connectivity index (χ1n) is 22.0. The number of hydrogen-bond donors (Lipinski definition) is 5. The number of carbonyl (C=O) groups is 2. The van der Waals surface area contributed by atoms with Gasteiger partial charge < -0.3 is 36.5 Å². The predicted molar refractivity (Wildman–Crippen MR) is 267 cm³/mol. The van der Waals surface area contributed by atoms with Crippen molar-refractivity contribution in [3.63, 3.8) is 0 Å².